The second-order valence-electron chi connectivity index (χ2n) is 0.969. The molecule has 0 fully saturated rings. The third kappa shape index (κ3) is 6.97. The van der Waals surface area contributed by atoms with Gasteiger partial charge in [0.15, 0.2) is 0 Å². The molecular weight excluding hydrogens is 165 g/mol. The van der Waals surface area contributed by atoms with Gasteiger partial charge >= 0.3 is 0 Å². The highest BCUT2D eigenvalue weighted by molar-refractivity contribution is 7.07. The van der Waals surface area contributed by atoms with Crippen LogP contribution in [0.5, 0.6) is 0 Å². The van der Waals surface area contributed by atoms with E-state index < -0.39 is 8.27 Å². The third-order valence-electron chi connectivity index (χ3n) is 0.327. The van der Waals surface area contributed by atoms with E-state index in [2.05, 4.69) is 4.65 Å². The predicted molar refractivity (Wildman–Crippen MR) is 37.1 cm³/mol. The Labute approximate surface area is 57.7 Å². The number of halogens is 2. The Morgan fingerprint density at radius 3 is 2.57 bits per heavy atom. The first kappa shape index (κ1) is 7.97. The molecule has 1 nitrogen and oxygen atoms in total. The van der Waals surface area contributed by atoms with Crippen molar-refractivity contribution in [2.24, 2.45) is 0 Å². The standard InChI is InChI=1S/C2H6Cl2NSi2/c1-7(4)5-6-2-3/h5H,2H2,1H3. The summed E-state index contributed by atoms with van der Waals surface area (Å²) in [7, 11) is -0.123. The highest BCUT2D eigenvalue weighted by Crippen LogP contribution is 1.78. The van der Waals surface area contributed by atoms with Gasteiger partial charge in [0, 0.05) is 5.50 Å². The van der Waals surface area contributed by atoms with Crippen LogP contribution in [0.1, 0.15) is 0 Å². The monoisotopic (exact) mass is 170 g/mol. The summed E-state index contributed by atoms with van der Waals surface area (Å²) in [6, 6.07) is 0. The van der Waals surface area contributed by atoms with E-state index in [9.17, 15) is 0 Å². The van der Waals surface area contributed by atoms with Crippen LogP contribution in [0.2, 0.25) is 6.55 Å². The van der Waals surface area contributed by atoms with E-state index in [4.69, 9.17) is 22.7 Å². The van der Waals surface area contributed by atoms with Crippen molar-refractivity contribution >= 4 is 40.6 Å². The molecule has 0 aliphatic carbocycles. The second-order valence-corrected chi connectivity index (χ2v) is 6.16. The van der Waals surface area contributed by atoms with E-state index in [1.165, 1.54) is 0 Å². The van der Waals surface area contributed by atoms with E-state index >= 15 is 0 Å². The lowest BCUT2D eigenvalue weighted by atomic mass is 11.9. The molecule has 0 rings (SSSR count). The first-order valence-electron chi connectivity index (χ1n) is 1.81. The molecule has 0 spiro atoms. The minimum Gasteiger partial charge on any atom is -0.349 e. The first-order chi connectivity index (χ1) is 3.27. The molecule has 5 heteroatoms. The van der Waals surface area contributed by atoms with Crippen LogP contribution >= 0.6 is 22.7 Å². The Kier molecular flexibility index (Phi) is 5.83. The van der Waals surface area contributed by atoms with Crippen molar-refractivity contribution in [3.63, 3.8) is 0 Å². The first-order valence-corrected chi connectivity index (χ1v) is 6.56. The third-order valence-corrected chi connectivity index (χ3v) is 3.80. The SMILES string of the molecule is C[Si](Cl)N[Si]CCl. The normalized spacial score (nSPS) is 10.3. The summed E-state index contributed by atoms with van der Waals surface area (Å²) in [6.45, 7) is 1.98. The Balaban J connectivity index is 2.68. The smallest absolute Gasteiger partial charge is 0.238 e. The molecule has 41 valence electrons. The Hall–Kier alpha value is 0.974. The lowest BCUT2D eigenvalue weighted by Gasteiger charge is -1.95. The van der Waals surface area contributed by atoms with Crippen LogP contribution in [0, 0.1) is 0 Å². The van der Waals surface area contributed by atoms with Gasteiger partial charge in [0.05, 0.1) is 0 Å². The summed E-state index contributed by atoms with van der Waals surface area (Å²) in [5, 5.41) is 0. The highest BCUT2D eigenvalue weighted by Gasteiger charge is 1.95. The molecular formula is C2H6Cl2NSi2. The maximum Gasteiger partial charge on any atom is 0.238 e. The summed E-state index contributed by atoms with van der Waals surface area (Å²) in [4.78, 5) is 0. The van der Waals surface area contributed by atoms with E-state index in [0.29, 0.717) is 15.2 Å². The van der Waals surface area contributed by atoms with Crippen molar-refractivity contribution in [1.29, 1.82) is 0 Å². The van der Waals surface area contributed by atoms with Gasteiger partial charge in [-0.15, -0.1) is 22.7 Å². The van der Waals surface area contributed by atoms with E-state index in [1.54, 1.807) is 0 Å². The van der Waals surface area contributed by atoms with Gasteiger partial charge in [0.2, 0.25) is 8.27 Å². The summed E-state index contributed by atoms with van der Waals surface area (Å²) >= 11 is 10.9. The van der Waals surface area contributed by atoms with E-state index in [0.717, 1.165) is 0 Å². The molecule has 0 aliphatic heterocycles. The van der Waals surface area contributed by atoms with E-state index in [1.807, 2.05) is 6.55 Å². The fraction of sp³-hybridized carbons (Fsp3) is 1.00. The minimum absolute atomic E-state index is 0.624. The molecule has 7 heavy (non-hydrogen) atoms. The molecule has 0 amide bonds. The molecule has 3 radical (unpaired) electrons. The number of nitrogens with one attached hydrogen (secondary N) is 1. The van der Waals surface area contributed by atoms with Gasteiger partial charge in [0.25, 0.3) is 0 Å². The van der Waals surface area contributed by atoms with Crippen LogP contribution in [0.4, 0.5) is 0 Å². The Bertz CT molecular complexity index is 42.7. The topological polar surface area (TPSA) is 12.0 Å². The molecule has 0 aromatic heterocycles. The zero-order valence-electron chi connectivity index (χ0n) is 3.96. The average molecular weight is 171 g/mol. The van der Waals surface area contributed by atoms with Gasteiger partial charge < -0.3 is 4.65 Å². The summed E-state index contributed by atoms with van der Waals surface area (Å²) in [5.74, 6) is 0. The van der Waals surface area contributed by atoms with Crippen LogP contribution < -0.4 is 4.65 Å². The molecule has 0 bridgehead atoms. The van der Waals surface area contributed by atoms with Crippen LogP contribution in [-0.4, -0.2) is 23.5 Å². The van der Waals surface area contributed by atoms with Crippen LogP contribution in [0.15, 0.2) is 0 Å². The van der Waals surface area contributed by atoms with Crippen LogP contribution in [0.25, 0.3) is 0 Å². The molecule has 1 N–H and O–H groups in total. The molecule has 0 heterocycles. The van der Waals surface area contributed by atoms with Gasteiger partial charge in [-0.05, 0) is 6.55 Å². The number of hydrogen-bond donors (Lipinski definition) is 1. The van der Waals surface area contributed by atoms with Gasteiger partial charge in [0.1, 0.15) is 9.68 Å². The number of alkyl halides is 1. The molecule has 0 saturated carbocycles. The largest absolute Gasteiger partial charge is 0.349 e. The molecule has 0 aromatic carbocycles. The molecule has 0 aliphatic rings. The minimum atomic E-state index is -0.747. The van der Waals surface area contributed by atoms with Gasteiger partial charge in [-0.3, -0.25) is 0 Å². The fourth-order valence-electron chi connectivity index (χ4n) is 0.155. The van der Waals surface area contributed by atoms with Gasteiger partial charge in [-0.1, -0.05) is 0 Å². The lowest BCUT2D eigenvalue weighted by Crippen LogP contribution is -2.30. The molecule has 0 unspecified atom stereocenters. The maximum atomic E-state index is 5.60. The zero-order chi connectivity index (χ0) is 5.70. The van der Waals surface area contributed by atoms with Gasteiger partial charge in [-0.25, -0.2) is 0 Å². The number of rotatable bonds is 3. The van der Waals surface area contributed by atoms with Crippen LogP contribution in [0.3, 0.4) is 0 Å². The van der Waals surface area contributed by atoms with E-state index in [-0.39, 0.29) is 0 Å². The van der Waals surface area contributed by atoms with Crippen molar-refractivity contribution in [1.82, 2.24) is 4.65 Å². The van der Waals surface area contributed by atoms with Crippen molar-refractivity contribution in [3.8, 4) is 0 Å². The van der Waals surface area contributed by atoms with Crippen LogP contribution in [-0.2, 0) is 0 Å². The predicted octanol–water partition coefficient (Wildman–Crippen LogP) is 0.748. The van der Waals surface area contributed by atoms with Crippen molar-refractivity contribution in [3.05, 3.63) is 0 Å². The molecule has 0 aromatic rings. The maximum absolute atomic E-state index is 5.60. The van der Waals surface area contributed by atoms with Crippen molar-refractivity contribution < 1.29 is 0 Å². The van der Waals surface area contributed by atoms with Crippen molar-refractivity contribution in [2.75, 3.05) is 5.50 Å². The quantitative estimate of drug-likeness (QED) is 0.375. The molecule has 0 atom stereocenters. The zero-order valence-corrected chi connectivity index (χ0v) is 7.47. The summed E-state index contributed by atoms with van der Waals surface area (Å²) in [5.41, 5.74) is 0.675. The Morgan fingerprint density at radius 1 is 1.86 bits per heavy atom. The Morgan fingerprint density at radius 2 is 2.43 bits per heavy atom. The molecule has 0 saturated heterocycles. The highest BCUT2D eigenvalue weighted by atomic mass is 35.6. The summed E-state index contributed by atoms with van der Waals surface area (Å²) in [6.07, 6.45) is 0. The fourth-order valence-corrected chi connectivity index (χ4v) is 2.60. The van der Waals surface area contributed by atoms with Crippen molar-refractivity contribution in [2.45, 2.75) is 6.55 Å². The lowest BCUT2D eigenvalue weighted by molar-refractivity contribution is 1.54. The second kappa shape index (κ2) is 5.12. The summed E-state index contributed by atoms with van der Waals surface area (Å²) < 4.78 is 3.06. The van der Waals surface area contributed by atoms with Gasteiger partial charge in [-0.2, -0.15) is 0 Å². The average Bonchev–Trinajstić information content (AvgIpc) is 1.61. The number of hydrogen-bond acceptors (Lipinski definition) is 1.